The van der Waals surface area contributed by atoms with Crippen molar-refractivity contribution in [2.45, 2.75) is 56.7 Å². The van der Waals surface area contributed by atoms with Crippen molar-refractivity contribution in [3.63, 3.8) is 0 Å². The normalized spacial score (nSPS) is 28.4. The molecule has 2 fully saturated rings. The van der Waals surface area contributed by atoms with Gasteiger partial charge >= 0.3 is 0 Å². The predicted molar refractivity (Wildman–Crippen MR) is 73.6 cm³/mol. The number of hydrogen-bond donors (Lipinski definition) is 1. The first-order valence-corrected chi connectivity index (χ1v) is 7.50. The monoisotopic (exact) mass is 279 g/mol. The van der Waals surface area contributed by atoms with E-state index in [0.29, 0.717) is 12.3 Å². The fraction of sp³-hybridized carbons (Fsp3) is 0.688. The van der Waals surface area contributed by atoms with E-state index in [-0.39, 0.29) is 17.3 Å². The van der Waals surface area contributed by atoms with Crippen LogP contribution in [-0.4, -0.2) is 22.3 Å². The molecule has 20 heavy (non-hydrogen) atoms. The Morgan fingerprint density at radius 2 is 2.15 bits per heavy atom. The summed E-state index contributed by atoms with van der Waals surface area (Å²) in [4.78, 5) is 4.07. The fourth-order valence-electron chi connectivity index (χ4n) is 3.76. The third-order valence-corrected chi connectivity index (χ3v) is 5.05. The Kier molecular flexibility index (Phi) is 3.55. The minimum absolute atomic E-state index is 0.0348. The summed E-state index contributed by atoms with van der Waals surface area (Å²) < 4.78 is 19.0. The molecule has 1 aromatic rings. The first kappa shape index (κ1) is 14.0. The maximum Gasteiger partial charge on any atom is 0.141 e. The average Bonchev–Trinajstić information content (AvgIpc) is 2.87. The molecule has 0 aromatic carbocycles. The van der Waals surface area contributed by atoms with Crippen LogP contribution < -0.4 is 0 Å². The molecule has 1 saturated carbocycles. The van der Waals surface area contributed by atoms with E-state index in [1.165, 1.54) is 25.1 Å². The number of aliphatic hydroxyl groups is 1. The molecule has 2 atom stereocenters. The van der Waals surface area contributed by atoms with Gasteiger partial charge in [-0.15, -0.1) is 0 Å². The van der Waals surface area contributed by atoms with E-state index in [9.17, 15) is 9.50 Å². The number of hydrogen-bond acceptors (Lipinski definition) is 3. The molecule has 1 saturated heterocycles. The topological polar surface area (TPSA) is 42.4 Å². The van der Waals surface area contributed by atoms with Crippen LogP contribution in [0.15, 0.2) is 18.3 Å². The van der Waals surface area contributed by atoms with Crippen molar-refractivity contribution in [1.29, 1.82) is 0 Å². The maximum absolute atomic E-state index is 13.0. The van der Waals surface area contributed by atoms with E-state index in [1.807, 2.05) is 0 Å². The molecular formula is C16H22FNO2. The van der Waals surface area contributed by atoms with Gasteiger partial charge in [0.1, 0.15) is 11.4 Å². The molecular weight excluding hydrogens is 257 g/mol. The van der Waals surface area contributed by atoms with Gasteiger partial charge in [0.05, 0.1) is 17.5 Å². The van der Waals surface area contributed by atoms with Crippen molar-refractivity contribution >= 4 is 0 Å². The summed E-state index contributed by atoms with van der Waals surface area (Å²) in [5.41, 5.74) is -0.501. The van der Waals surface area contributed by atoms with Gasteiger partial charge in [0.15, 0.2) is 0 Å². The zero-order valence-corrected chi connectivity index (χ0v) is 11.9. The van der Waals surface area contributed by atoms with Crippen molar-refractivity contribution in [3.05, 3.63) is 29.8 Å². The van der Waals surface area contributed by atoms with Gasteiger partial charge < -0.3 is 9.84 Å². The minimum Gasteiger partial charge on any atom is -0.384 e. The van der Waals surface area contributed by atoms with Crippen LogP contribution >= 0.6 is 0 Å². The van der Waals surface area contributed by atoms with E-state index in [4.69, 9.17) is 4.74 Å². The number of pyridine rings is 1. The second-order valence-corrected chi connectivity index (χ2v) is 6.44. The van der Waals surface area contributed by atoms with Crippen molar-refractivity contribution in [2.24, 2.45) is 5.92 Å². The van der Waals surface area contributed by atoms with E-state index in [0.717, 1.165) is 25.7 Å². The molecule has 0 bridgehead atoms. The lowest BCUT2D eigenvalue weighted by Crippen LogP contribution is -2.45. The quantitative estimate of drug-likeness (QED) is 0.904. The summed E-state index contributed by atoms with van der Waals surface area (Å²) in [6, 6.07) is 2.95. The van der Waals surface area contributed by atoms with Crippen molar-refractivity contribution in [3.8, 4) is 0 Å². The van der Waals surface area contributed by atoms with Crippen LogP contribution in [0.1, 0.15) is 51.1 Å². The molecule has 1 aliphatic carbocycles. The molecule has 2 aliphatic rings. The van der Waals surface area contributed by atoms with Gasteiger partial charge in [-0.25, -0.2) is 4.39 Å². The highest BCUT2D eigenvalue weighted by molar-refractivity contribution is 5.15. The van der Waals surface area contributed by atoms with Gasteiger partial charge in [-0.05, 0) is 50.7 Å². The van der Waals surface area contributed by atoms with E-state index in [2.05, 4.69) is 4.98 Å². The van der Waals surface area contributed by atoms with Gasteiger partial charge in [-0.1, -0.05) is 12.8 Å². The summed E-state index contributed by atoms with van der Waals surface area (Å²) in [7, 11) is 0. The van der Waals surface area contributed by atoms with Crippen LogP contribution in [0.4, 0.5) is 4.39 Å². The molecule has 110 valence electrons. The summed E-state index contributed by atoms with van der Waals surface area (Å²) in [6.45, 7) is 2.49. The van der Waals surface area contributed by atoms with E-state index < -0.39 is 5.60 Å². The largest absolute Gasteiger partial charge is 0.384 e. The second-order valence-electron chi connectivity index (χ2n) is 6.44. The van der Waals surface area contributed by atoms with Crippen LogP contribution in [0.5, 0.6) is 0 Å². The number of rotatable bonds is 2. The Bertz CT molecular complexity index is 466. The Morgan fingerprint density at radius 1 is 1.40 bits per heavy atom. The molecule has 2 unspecified atom stereocenters. The van der Waals surface area contributed by atoms with Crippen LogP contribution in [0.25, 0.3) is 0 Å². The summed E-state index contributed by atoms with van der Waals surface area (Å²) in [5, 5.41) is 10.9. The molecule has 1 spiro atoms. The first-order valence-electron chi connectivity index (χ1n) is 7.50. The molecule has 3 nitrogen and oxygen atoms in total. The third-order valence-electron chi connectivity index (χ3n) is 5.05. The molecule has 1 aliphatic heterocycles. The molecule has 0 radical (unpaired) electrons. The highest BCUT2D eigenvalue weighted by atomic mass is 19.1. The van der Waals surface area contributed by atoms with Crippen molar-refractivity contribution in [1.82, 2.24) is 4.98 Å². The third kappa shape index (κ3) is 2.47. The highest BCUT2D eigenvalue weighted by Gasteiger charge is 2.46. The predicted octanol–water partition coefficient (Wildman–Crippen LogP) is 3.17. The van der Waals surface area contributed by atoms with Gasteiger partial charge in [0.2, 0.25) is 0 Å². The molecule has 4 heteroatoms. The van der Waals surface area contributed by atoms with Gasteiger partial charge in [0.25, 0.3) is 0 Å². The molecule has 2 heterocycles. The van der Waals surface area contributed by atoms with Gasteiger partial charge in [-0.2, -0.15) is 0 Å². The SMILES string of the molecule is CC(O)(c1ccc(F)cn1)C1CCOC2(CCCC2)C1. The number of halogens is 1. The number of ether oxygens (including phenoxy) is 1. The zero-order chi connectivity index (χ0) is 14.2. The van der Waals surface area contributed by atoms with Crippen LogP contribution in [-0.2, 0) is 10.3 Å². The Balaban J connectivity index is 1.81. The molecule has 3 rings (SSSR count). The van der Waals surface area contributed by atoms with E-state index in [1.54, 1.807) is 13.0 Å². The van der Waals surface area contributed by atoms with Crippen LogP contribution in [0.3, 0.4) is 0 Å². The maximum atomic E-state index is 13.0. The minimum atomic E-state index is -1.02. The first-order chi connectivity index (χ1) is 9.52. The second kappa shape index (κ2) is 5.08. The van der Waals surface area contributed by atoms with Crippen LogP contribution in [0, 0.1) is 11.7 Å². The van der Waals surface area contributed by atoms with Crippen molar-refractivity contribution in [2.75, 3.05) is 6.61 Å². The lowest BCUT2D eigenvalue weighted by atomic mass is 9.74. The smallest absolute Gasteiger partial charge is 0.141 e. The summed E-state index contributed by atoms with van der Waals surface area (Å²) in [6.07, 6.45) is 7.49. The Labute approximate surface area is 119 Å². The lowest BCUT2D eigenvalue weighted by Gasteiger charge is -2.43. The van der Waals surface area contributed by atoms with Gasteiger partial charge in [-0.3, -0.25) is 4.98 Å². The number of nitrogens with zero attached hydrogens (tertiary/aromatic N) is 1. The molecule has 1 aromatic heterocycles. The lowest BCUT2D eigenvalue weighted by molar-refractivity contribution is -0.139. The zero-order valence-electron chi connectivity index (χ0n) is 11.9. The van der Waals surface area contributed by atoms with Crippen molar-refractivity contribution < 1.29 is 14.2 Å². The summed E-state index contributed by atoms with van der Waals surface area (Å²) >= 11 is 0. The van der Waals surface area contributed by atoms with Crippen LogP contribution in [0.2, 0.25) is 0 Å². The standard InChI is InChI=1S/C16H22FNO2/c1-15(19,14-5-4-13(17)11-18-14)12-6-9-20-16(10-12)7-2-3-8-16/h4-5,11-12,19H,2-3,6-10H2,1H3. The Morgan fingerprint density at radius 3 is 2.80 bits per heavy atom. The van der Waals surface area contributed by atoms with Gasteiger partial charge in [0, 0.05) is 6.61 Å². The fourth-order valence-corrected chi connectivity index (χ4v) is 3.76. The average molecular weight is 279 g/mol. The summed E-state index contributed by atoms with van der Waals surface area (Å²) in [5.74, 6) is -0.254. The van der Waals surface area contributed by atoms with E-state index >= 15 is 0 Å². The molecule has 1 N–H and O–H groups in total. The molecule has 0 amide bonds. The number of aromatic nitrogens is 1. The Hall–Kier alpha value is -1.00. The highest BCUT2D eigenvalue weighted by Crippen LogP contribution is 2.46.